The van der Waals surface area contributed by atoms with Gasteiger partial charge in [-0.1, -0.05) is 6.92 Å². The van der Waals surface area contributed by atoms with Gasteiger partial charge in [-0.25, -0.2) is 0 Å². The summed E-state index contributed by atoms with van der Waals surface area (Å²) in [6.45, 7) is 7.95. The molecule has 0 aliphatic heterocycles. The van der Waals surface area contributed by atoms with Crippen LogP contribution in [0.2, 0.25) is 0 Å². The predicted octanol–water partition coefficient (Wildman–Crippen LogP) is 1.47. The topological polar surface area (TPSA) is 82.3 Å². The number of rotatable bonds is 8. The monoisotopic (exact) mass is 307 g/mol. The van der Waals surface area contributed by atoms with Gasteiger partial charge in [0.25, 0.3) is 0 Å². The Morgan fingerprint density at radius 1 is 1.18 bits per heavy atom. The van der Waals surface area contributed by atoms with Crippen LogP contribution in [0, 0.1) is 13.8 Å². The maximum absolute atomic E-state index is 12.3. The SMILES string of the molecule is CCCNC(=O)CN(C)CC(=O)c1[nH]c(C)c(C(C)=O)c1C. The Morgan fingerprint density at radius 3 is 2.32 bits per heavy atom. The lowest BCUT2D eigenvalue weighted by Crippen LogP contribution is -2.38. The van der Waals surface area contributed by atoms with Crippen LogP contribution in [0.25, 0.3) is 0 Å². The third-order valence-electron chi connectivity index (χ3n) is 3.47. The smallest absolute Gasteiger partial charge is 0.234 e. The summed E-state index contributed by atoms with van der Waals surface area (Å²) >= 11 is 0. The summed E-state index contributed by atoms with van der Waals surface area (Å²) in [4.78, 5) is 40.2. The van der Waals surface area contributed by atoms with E-state index in [4.69, 9.17) is 0 Å². The maximum atomic E-state index is 12.3. The lowest BCUT2D eigenvalue weighted by Gasteiger charge is -2.15. The second-order valence-corrected chi connectivity index (χ2v) is 5.63. The second kappa shape index (κ2) is 7.89. The van der Waals surface area contributed by atoms with Crippen molar-refractivity contribution in [1.82, 2.24) is 15.2 Å². The van der Waals surface area contributed by atoms with Gasteiger partial charge in [-0.2, -0.15) is 0 Å². The quantitative estimate of drug-likeness (QED) is 0.713. The zero-order valence-electron chi connectivity index (χ0n) is 14.0. The number of ketones is 2. The fourth-order valence-corrected chi connectivity index (χ4v) is 2.50. The van der Waals surface area contributed by atoms with Crippen LogP contribution in [0.4, 0.5) is 0 Å². The van der Waals surface area contributed by atoms with Crippen LogP contribution >= 0.6 is 0 Å². The molecule has 0 aliphatic rings. The van der Waals surface area contributed by atoms with Crippen molar-refractivity contribution in [3.8, 4) is 0 Å². The molecule has 1 rings (SSSR count). The van der Waals surface area contributed by atoms with E-state index in [2.05, 4.69) is 10.3 Å². The van der Waals surface area contributed by atoms with Crippen LogP contribution in [0.5, 0.6) is 0 Å². The van der Waals surface area contributed by atoms with Crippen LogP contribution < -0.4 is 5.32 Å². The summed E-state index contributed by atoms with van der Waals surface area (Å²) in [6.07, 6.45) is 0.878. The Bertz CT molecular complexity index is 575. The number of Topliss-reactive ketones (excluding diaryl/α,β-unsaturated/α-hetero) is 2. The highest BCUT2D eigenvalue weighted by molar-refractivity contribution is 6.04. The minimum atomic E-state index is -0.126. The first-order chi connectivity index (χ1) is 10.3. The molecular weight excluding hydrogens is 282 g/mol. The fourth-order valence-electron chi connectivity index (χ4n) is 2.50. The summed E-state index contributed by atoms with van der Waals surface area (Å²) in [5, 5.41) is 2.77. The molecule has 1 aromatic rings. The zero-order valence-corrected chi connectivity index (χ0v) is 14.0. The Morgan fingerprint density at radius 2 is 1.82 bits per heavy atom. The summed E-state index contributed by atoms with van der Waals surface area (Å²) in [5.74, 6) is -0.280. The van der Waals surface area contributed by atoms with Gasteiger partial charge in [-0.15, -0.1) is 0 Å². The van der Waals surface area contributed by atoms with Crippen LogP contribution in [-0.4, -0.2) is 54.0 Å². The summed E-state index contributed by atoms with van der Waals surface area (Å²) in [7, 11) is 1.72. The number of hydrogen-bond acceptors (Lipinski definition) is 4. The normalized spacial score (nSPS) is 10.8. The molecule has 0 fully saturated rings. The first-order valence-electron chi connectivity index (χ1n) is 7.46. The molecule has 0 aliphatic carbocycles. The number of aromatic amines is 1. The van der Waals surface area contributed by atoms with Crippen molar-refractivity contribution >= 4 is 17.5 Å². The molecule has 1 aromatic heterocycles. The van der Waals surface area contributed by atoms with Gasteiger partial charge in [0.1, 0.15) is 0 Å². The largest absolute Gasteiger partial charge is 0.355 e. The molecule has 0 saturated carbocycles. The standard InChI is InChI=1S/C16H25N3O3/c1-6-7-17-14(22)9-19(5)8-13(21)16-10(2)15(12(4)20)11(3)18-16/h18H,6-9H2,1-5H3,(H,17,22). The van der Waals surface area contributed by atoms with Gasteiger partial charge >= 0.3 is 0 Å². The van der Waals surface area contributed by atoms with Crippen LogP contribution in [0.1, 0.15) is 52.4 Å². The van der Waals surface area contributed by atoms with E-state index >= 15 is 0 Å². The number of nitrogens with zero attached hydrogens (tertiary/aromatic N) is 1. The number of likely N-dealkylation sites (N-methyl/N-ethyl adjacent to an activating group) is 1. The third-order valence-corrected chi connectivity index (χ3v) is 3.47. The van der Waals surface area contributed by atoms with Gasteiger partial charge in [0, 0.05) is 17.8 Å². The molecule has 0 unspecified atom stereocenters. The molecule has 22 heavy (non-hydrogen) atoms. The van der Waals surface area contributed by atoms with Crippen molar-refractivity contribution in [2.75, 3.05) is 26.7 Å². The van der Waals surface area contributed by atoms with Crippen molar-refractivity contribution in [3.63, 3.8) is 0 Å². The van der Waals surface area contributed by atoms with E-state index in [-0.39, 0.29) is 30.6 Å². The van der Waals surface area contributed by atoms with E-state index in [9.17, 15) is 14.4 Å². The highest BCUT2D eigenvalue weighted by Gasteiger charge is 2.21. The highest BCUT2D eigenvalue weighted by atomic mass is 16.2. The molecule has 0 aromatic carbocycles. The van der Waals surface area contributed by atoms with Gasteiger partial charge in [0.15, 0.2) is 11.6 Å². The van der Waals surface area contributed by atoms with Crippen molar-refractivity contribution in [1.29, 1.82) is 0 Å². The fraction of sp³-hybridized carbons (Fsp3) is 0.562. The Labute approximate surface area is 131 Å². The van der Waals surface area contributed by atoms with Gasteiger partial charge < -0.3 is 10.3 Å². The maximum Gasteiger partial charge on any atom is 0.234 e. The Balaban J connectivity index is 2.71. The average molecular weight is 307 g/mol. The van der Waals surface area contributed by atoms with E-state index in [1.54, 1.807) is 25.8 Å². The van der Waals surface area contributed by atoms with Crippen molar-refractivity contribution in [2.24, 2.45) is 0 Å². The molecule has 0 radical (unpaired) electrons. The van der Waals surface area contributed by atoms with Crippen molar-refractivity contribution in [2.45, 2.75) is 34.1 Å². The lowest BCUT2D eigenvalue weighted by atomic mass is 10.1. The van der Waals surface area contributed by atoms with E-state index < -0.39 is 0 Å². The minimum absolute atomic E-state index is 0.0578. The molecule has 6 heteroatoms. The molecule has 1 heterocycles. The molecule has 2 N–H and O–H groups in total. The van der Waals surface area contributed by atoms with Crippen LogP contribution in [0.3, 0.4) is 0 Å². The first kappa shape index (κ1) is 18.1. The lowest BCUT2D eigenvalue weighted by molar-refractivity contribution is -0.121. The van der Waals surface area contributed by atoms with Gasteiger partial charge in [0.05, 0.1) is 18.8 Å². The van der Waals surface area contributed by atoms with E-state index in [0.29, 0.717) is 29.1 Å². The first-order valence-corrected chi connectivity index (χ1v) is 7.46. The molecule has 6 nitrogen and oxygen atoms in total. The molecule has 0 atom stereocenters. The zero-order chi connectivity index (χ0) is 16.9. The van der Waals surface area contributed by atoms with E-state index in [0.717, 1.165) is 6.42 Å². The highest BCUT2D eigenvalue weighted by Crippen LogP contribution is 2.19. The number of carbonyl (C=O) groups is 3. The molecule has 0 saturated heterocycles. The van der Waals surface area contributed by atoms with Crippen LogP contribution in [0.15, 0.2) is 0 Å². The number of aromatic nitrogens is 1. The van der Waals surface area contributed by atoms with E-state index in [1.807, 2.05) is 6.92 Å². The molecule has 0 bridgehead atoms. The van der Waals surface area contributed by atoms with Gasteiger partial charge in [-0.05, 0) is 39.8 Å². The van der Waals surface area contributed by atoms with Gasteiger partial charge in [-0.3, -0.25) is 19.3 Å². The van der Waals surface area contributed by atoms with Crippen molar-refractivity contribution < 1.29 is 14.4 Å². The number of H-pyrrole nitrogens is 1. The van der Waals surface area contributed by atoms with Crippen molar-refractivity contribution in [3.05, 3.63) is 22.5 Å². The average Bonchev–Trinajstić information content (AvgIpc) is 2.71. The molecular formula is C16H25N3O3. The number of hydrogen-bond donors (Lipinski definition) is 2. The Kier molecular flexibility index (Phi) is 6.49. The molecule has 1 amide bonds. The second-order valence-electron chi connectivity index (χ2n) is 5.63. The van der Waals surface area contributed by atoms with Crippen LogP contribution in [-0.2, 0) is 4.79 Å². The third kappa shape index (κ3) is 4.53. The minimum Gasteiger partial charge on any atom is -0.355 e. The molecule has 122 valence electrons. The summed E-state index contributed by atoms with van der Waals surface area (Å²) in [5.41, 5.74) is 2.41. The number of carbonyl (C=O) groups excluding carboxylic acids is 3. The Hall–Kier alpha value is -1.95. The summed E-state index contributed by atoms with van der Waals surface area (Å²) in [6, 6.07) is 0. The van der Waals surface area contributed by atoms with E-state index in [1.165, 1.54) is 6.92 Å². The van der Waals surface area contributed by atoms with Gasteiger partial charge in [0.2, 0.25) is 5.91 Å². The number of nitrogens with one attached hydrogen (secondary N) is 2. The molecule has 0 spiro atoms. The number of aryl methyl sites for hydroxylation is 1. The summed E-state index contributed by atoms with van der Waals surface area (Å²) < 4.78 is 0. The predicted molar refractivity (Wildman–Crippen MR) is 85.4 cm³/mol. The number of amides is 1.